The van der Waals surface area contributed by atoms with Gasteiger partial charge in [-0.25, -0.2) is 17.7 Å². The fourth-order valence-electron chi connectivity index (χ4n) is 3.55. The quantitative estimate of drug-likeness (QED) is 0.422. The van der Waals surface area contributed by atoms with Crippen molar-refractivity contribution in [2.45, 2.75) is 31.8 Å². The van der Waals surface area contributed by atoms with Crippen molar-refractivity contribution in [1.82, 2.24) is 9.29 Å². The Bertz CT molecular complexity index is 1110. The lowest BCUT2D eigenvalue weighted by Gasteiger charge is -2.28. The average Bonchev–Trinajstić information content (AvgIpc) is 2.73. The first-order valence-electron chi connectivity index (χ1n) is 9.72. The normalized spacial score (nSPS) is 15.7. The number of nitrogens with two attached hydrogens (primary N) is 1. The van der Waals surface area contributed by atoms with Crippen LogP contribution in [0.2, 0.25) is 0 Å². The molecule has 0 spiro atoms. The lowest BCUT2D eigenvalue weighted by atomic mass is 9.83. The summed E-state index contributed by atoms with van der Waals surface area (Å²) in [7, 11) is -2.53. The number of benzene rings is 1. The molecule has 1 aromatic carbocycles. The van der Waals surface area contributed by atoms with Crippen LogP contribution in [0.25, 0.3) is 0 Å². The van der Waals surface area contributed by atoms with Crippen LogP contribution in [0.3, 0.4) is 0 Å². The molecule has 0 saturated carbocycles. The average molecular weight is 467 g/mol. The number of carbonyl (C=O) groups excluding carboxylic acids is 1. The lowest BCUT2D eigenvalue weighted by molar-refractivity contribution is -0.0500. The number of fused-ring (bicyclic) bond motifs is 1. The van der Waals surface area contributed by atoms with Gasteiger partial charge >= 0.3 is 6.61 Å². The molecule has 1 atom stereocenters. The molecule has 1 heterocycles. The number of pyridine rings is 1. The molecule has 0 saturated heterocycles. The molecule has 12 heteroatoms. The summed E-state index contributed by atoms with van der Waals surface area (Å²) in [6.07, 6.45) is 3.28. The predicted molar refractivity (Wildman–Crippen MR) is 114 cm³/mol. The van der Waals surface area contributed by atoms with Crippen LogP contribution < -0.4 is 15.8 Å². The second-order valence-electron chi connectivity index (χ2n) is 7.35. The van der Waals surface area contributed by atoms with E-state index in [1.165, 1.54) is 19.2 Å². The summed E-state index contributed by atoms with van der Waals surface area (Å²) in [5, 5.41) is 10.1. The molecule has 9 nitrogen and oxygen atoms in total. The van der Waals surface area contributed by atoms with Crippen LogP contribution in [-0.4, -0.2) is 49.0 Å². The topological polar surface area (TPSA) is 138 Å². The Hall–Kier alpha value is -3.28. The van der Waals surface area contributed by atoms with Gasteiger partial charge in [0.05, 0.1) is 11.9 Å². The summed E-state index contributed by atoms with van der Waals surface area (Å²) in [5.41, 5.74) is 7.58. The van der Waals surface area contributed by atoms with Crippen LogP contribution >= 0.6 is 0 Å². The van der Waals surface area contributed by atoms with Gasteiger partial charge in [-0.2, -0.15) is 8.78 Å². The van der Waals surface area contributed by atoms with Crippen molar-refractivity contribution < 1.29 is 26.7 Å². The van der Waals surface area contributed by atoms with Crippen LogP contribution in [0, 0.1) is 5.41 Å². The van der Waals surface area contributed by atoms with Crippen molar-refractivity contribution in [2.75, 3.05) is 18.1 Å². The van der Waals surface area contributed by atoms with E-state index < -0.39 is 28.5 Å². The van der Waals surface area contributed by atoms with Gasteiger partial charge in [0.2, 0.25) is 16.0 Å². The molecule has 0 radical (unpaired) electrons. The molecule has 0 aliphatic heterocycles. The van der Waals surface area contributed by atoms with Gasteiger partial charge in [-0.1, -0.05) is 6.07 Å². The molecule has 1 amide bonds. The monoisotopic (exact) mass is 467 g/mol. The van der Waals surface area contributed by atoms with Gasteiger partial charge in [-0.05, 0) is 60.6 Å². The SMILES string of the molecule is CN(C(=N)N)S(=O)(=O)CC1CCCc2ccc(NC(=O)c3ccc(OC(F)F)cn3)cc21. The van der Waals surface area contributed by atoms with Gasteiger partial charge in [0, 0.05) is 12.7 Å². The summed E-state index contributed by atoms with van der Waals surface area (Å²) in [4.78, 5) is 16.3. The number of nitrogens with one attached hydrogen (secondary N) is 2. The number of carbonyl (C=O) groups is 1. The lowest BCUT2D eigenvalue weighted by Crippen LogP contribution is -2.40. The third kappa shape index (κ3) is 5.49. The highest BCUT2D eigenvalue weighted by Gasteiger charge is 2.29. The first-order valence-corrected chi connectivity index (χ1v) is 11.3. The van der Waals surface area contributed by atoms with Gasteiger partial charge < -0.3 is 15.8 Å². The first-order chi connectivity index (χ1) is 15.1. The molecule has 1 aliphatic carbocycles. The molecule has 0 fully saturated rings. The molecule has 2 aromatic rings. The fraction of sp³-hybridized carbons (Fsp3) is 0.350. The number of aryl methyl sites for hydroxylation is 1. The van der Waals surface area contributed by atoms with E-state index in [4.69, 9.17) is 11.1 Å². The Morgan fingerprint density at radius 3 is 2.75 bits per heavy atom. The van der Waals surface area contributed by atoms with E-state index in [2.05, 4.69) is 15.0 Å². The highest BCUT2D eigenvalue weighted by atomic mass is 32.2. The number of halogens is 2. The maximum atomic E-state index is 12.6. The molecule has 0 bridgehead atoms. The van der Waals surface area contributed by atoms with Crippen molar-refractivity contribution in [3.8, 4) is 5.75 Å². The zero-order chi connectivity index (χ0) is 23.5. The second kappa shape index (κ2) is 9.47. The number of guanidine groups is 1. The van der Waals surface area contributed by atoms with Gasteiger partial charge in [0.25, 0.3) is 5.91 Å². The van der Waals surface area contributed by atoms with Gasteiger partial charge in [-0.15, -0.1) is 0 Å². The van der Waals surface area contributed by atoms with Crippen LogP contribution in [0.4, 0.5) is 14.5 Å². The Kier molecular flexibility index (Phi) is 6.92. The van der Waals surface area contributed by atoms with E-state index in [-0.39, 0.29) is 23.1 Å². The minimum atomic E-state index is -3.77. The van der Waals surface area contributed by atoms with Crippen molar-refractivity contribution in [3.05, 3.63) is 53.3 Å². The van der Waals surface area contributed by atoms with Crippen LogP contribution in [0.5, 0.6) is 5.75 Å². The van der Waals surface area contributed by atoms with Crippen molar-refractivity contribution in [1.29, 1.82) is 5.41 Å². The number of anilines is 1. The second-order valence-corrected chi connectivity index (χ2v) is 9.39. The van der Waals surface area contributed by atoms with Crippen molar-refractivity contribution in [3.63, 3.8) is 0 Å². The molecule has 32 heavy (non-hydrogen) atoms. The van der Waals surface area contributed by atoms with E-state index >= 15 is 0 Å². The summed E-state index contributed by atoms with van der Waals surface area (Å²) in [6.45, 7) is -2.99. The number of sulfonamides is 1. The zero-order valence-corrected chi connectivity index (χ0v) is 18.0. The summed E-state index contributed by atoms with van der Waals surface area (Å²) < 4.78 is 54.6. The van der Waals surface area contributed by atoms with Gasteiger partial charge in [0.15, 0.2) is 0 Å². The van der Waals surface area contributed by atoms with E-state index in [1.807, 2.05) is 6.07 Å². The van der Waals surface area contributed by atoms with E-state index in [0.29, 0.717) is 12.1 Å². The standard InChI is InChI=1S/C20H23F2N5O4S/c1-27(20(23)24)32(29,30)11-13-4-2-3-12-5-6-14(9-16(12)13)26-18(28)17-8-7-15(10-25-17)31-19(21)22/h5-10,13,19H,2-4,11H2,1H3,(H3,23,24)(H,26,28). The predicted octanol–water partition coefficient (Wildman–Crippen LogP) is 2.51. The summed E-state index contributed by atoms with van der Waals surface area (Å²) in [5.74, 6) is -1.79. The number of rotatable bonds is 7. The molecule has 172 valence electrons. The number of hydrogen-bond acceptors (Lipinski definition) is 6. The Morgan fingerprint density at radius 1 is 1.38 bits per heavy atom. The molecule has 1 aromatic heterocycles. The van der Waals surface area contributed by atoms with Crippen LogP contribution in [-0.2, 0) is 16.4 Å². The minimum absolute atomic E-state index is 0.00606. The minimum Gasteiger partial charge on any atom is -0.433 e. The van der Waals surface area contributed by atoms with Crippen LogP contribution in [0.1, 0.15) is 40.4 Å². The fourth-order valence-corrected chi connectivity index (χ4v) is 4.92. The number of nitrogens with zero attached hydrogens (tertiary/aromatic N) is 2. The maximum Gasteiger partial charge on any atom is 0.387 e. The van der Waals surface area contributed by atoms with E-state index in [0.717, 1.165) is 34.5 Å². The number of aromatic nitrogens is 1. The molecular formula is C20H23F2N5O4S. The number of amides is 1. The number of ether oxygens (including phenoxy) is 1. The van der Waals surface area contributed by atoms with Crippen molar-refractivity contribution >= 4 is 27.6 Å². The maximum absolute atomic E-state index is 12.6. The van der Waals surface area contributed by atoms with Gasteiger partial charge in [0.1, 0.15) is 11.4 Å². The summed E-state index contributed by atoms with van der Waals surface area (Å²) >= 11 is 0. The third-order valence-corrected chi connectivity index (χ3v) is 7.06. The Labute approximate surface area is 184 Å². The highest BCUT2D eigenvalue weighted by molar-refractivity contribution is 7.89. The molecular weight excluding hydrogens is 444 g/mol. The highest BCUT2D eigenvalue weighted by Crippen LogP contribution is 2.35. The van der Waals surface area contributed by atoms with E-state index in [9.17, 15) is 22.0 Å². The zero-order valence-electron chi connectivity index (χ0n) is 17.2. The largest absolute Gasteiger partial charge is 0.433 e. The molecule has 3 rings (SSSR count). The van der Waals surface area contributed by atoms with Crippen molar-refractivity contribution in [2.24, 2.45) is 5.73 Å². The number of hydrogen-bond donors (Lipinski definition) is 3. The molecule has 1 aliphatic rings. The Balaban J connectivity index is 1.77. The Morgan fingerprint density at radius 2 is 2.12 bits per heavy atom. The smallest absolute Gasteiger partial charge is 0.387 e. The van der Waals surface area contributed by atoms with Gasteiger partial charge in [-0.3, -0.25) is 10.2 Å². The first kappa shape index (κ1) is 23.4. The number of alkyl halides is 2. The third-order valence-electron chi connectivity index (χ3n) is 5.20. The van der Waals surface area contributed by atoms with E-state index in [1.54, 1.807) is 12.1 Å². The summed E-state index contributed by atoms with van der Waals surface area (Å²) in [6, 6.07) is 7.76. The molecule has 1 unspecified atom stereocenters. The van der Waals surface area contributed by atoms with Crippen LogP contribution in [0.15, 0.2) is 36.5 Å². The molecule has 4 N–H and O–H groups in total.